The van der Waals surface area contributed by atoms with Crippen LogP contribution in [-0.2, 0) is 16.1 Å². The van der Waals surface area contributed by atoms with E-state index < -0.39 is 16.5 Å². The van der Waals surface area contributed by atoms with E-state index in [-0.39, 0.29) is 42.4 Å². The maximum Gasteiger partial charge on any atom is 0.419 e. The predicted molar refractivity (Wildman–Crippen MR) is 124 cm³/mol. The number of non-ortho nitro benzene ring substituents is 1. The van der Waals surface area contributed by atoms with Gasteiger partial charge in [-0.1, -0.05) is 0 Å². The zero-order valence-corrected chi connectivity index (χ0v) is 18.8. The number of aromatic nitrogens is 1. The smallest absolute Gasteiger partial charge is 0.407 e. The maximum atomic E-state index is 14.7. The predicted octanol–water partition coefficient (Wildman–Crippen LogP) is 3.67. The molecule has 10 nitrogen and oxygen atoms in total. The summed E-state index contributed by atoms with van der Waals surface area (Å²) in [7, 11) is 0. The van der Waals surface area contributed by atoms with Crippen LogP contribution in [0.15, 0.2) is 45.6 Å². The van der Waals surface area contributed by atoms with E-state index in [4.69, 9.17) is 9.15 Å². The molecule has 11 heteroatoms. The second kappa shape index (κ2) is 9.64. The Labute approximate surface area is 194 Å². The monoisotopic (exact) mass is 472 g/mol. The lowest BCUT2D eigenvalue weighted by Gasteiger charge is -2.37. The Hall–Kier alpha value is -3.73. The Morgan fingerprint density at radius 1 is 1.21 bits per heavy atom. The van der Waals surface area contributed by atoms with Crippen LogP contribution in [0, 0.1) is 15.9 Å². The fourth-order valence-electron chi connectivity index (χ4n) is 4.22. The topological polar surface area (TPSA) is 120 Å². The highest BCUT2D eigenvalue weighted by atomic mass is 19.1. The van der Waals surface area contributed by atoms with Crippen molar-refractivity contribution in [3.05, 3.63) is 62.9 Å². The van der Waals surface area contributed by atoms with Crippen molar-refractivity contribution in [1.29, 1.82) is 0 Å². The summed E-state index contributed by atoms with van der Waals surface area (Å²) in [5.74, 6) is -1.40. The first-order valence-electron chi connectivity index (χ1n) is 11.0. The van der Waals surface area contributed by atoms with E-state index in [0.717, 1.165) is 0 Å². The number of anilines is 2. The molecular formula is C23H25FN4O6. The van der Waals surface area contributed by atoms with Crippen molar-refractivity contribution in [2.24, 2.45) is 0 Å². The highest BCUT2D eigenvalue weighted by Crippen LogP contribution is 2.26. The van der Waals surface area contributed by atoms with Gasteiger partial charge in [0.25, 0.3) is 5.69 Å². The van der Waals surface area contributed by atoms with Gasteiger partial charge in [0.2, 0.25) is 5.91 Å². The number of morpholine rings is 1. The largest absolute Gasteiger partial charge is 0.419 e. The molecule has 2 heterocycles. The van der Waals surface area contributed by atoms with Gasteiger partial charge in [-0.2, -0.15) is 0 Å². The lowest BCUT2D eigenvalue weighted by molar-refractivity contribution is -0.384. The van der Waals surface area contributed by atoms with Gasteiger partial charge < -0.3 is 19.4 Å². The van der Waals surface area contributed by atoms with Crippen molar-refractivity contribution in [2.75, 3.05) is 23.3 Å². The summed E-state index contributed by atoms with van der Waals surface area (Å²) in [4.78, 5) is 36.7. The number of oxazole rings is 1. The lowest BCUT2D eigenvalue weighted by atomic mass is 10.1. The van der Waals surface area contributed by atoms with Gasteiger partial charge in [0.15, 0.2) is 5.58 Å². The van der Waals surface area contributed by atoms with Gasteiger partial charge in [-0.15, -0.1) is 0 Å². The number of fused-ring (bicyclic) bond motifs is 1. The molecule has 1 saturated heterocycles. The number of nitrogens with zero attached hydrogens (tertiary/aromatic N) is 3. The Bertz CT molecular complexity index is 1280. The lowest BCUT2D eigenvalue weighted by Crippen LogP contribution is -2.45. The molecule has 1 N–H and O–H groups in total. The Balaban J connectivity index is 1.35. The van der Waals surface area contributed by atoms with Crippen LogP contribution in [0.4, 0.5) is 21.5 Å². The summed E-state index contributed by atoms with van der Waals surface area (Å²) in [6.45, 7) is 5.25. The summed E-state index contributed by atoms with van der Waals surface area (Å²) in [5, 5.41) is 13.6. The second-order valence-electron chi connectivity index (χ2n) is 8.41. The van der Waals surface area contributed by atoms with Crippen molar-refractivity contribution in [3.63, 3.8) is 0 Å². The number of hydrogen-bond acceptors (Lipinski definition) is 7. The van der Waals surface area contributed by atoms with Crippen LogP contribution in [0.25, 0.3) is 11.1 Å². The first-order valence-corrected chi connectivity index (χ1v) is 11.0. The molecule has 2 unspecified atom stereocenters. The number of rotatable bonds is 7. The van der Waals surface area contributed by atoms with Crippen molar-refractivity contribution >= 4 is 34.1 Å². The molecule has 1 amide bonds. The van der Waals surface area contributed by atoms with Gasteiger partial charge in [-0.25, -0.2) is 9.18 Å². The molecule has 180 valence electrons. The molecule has 1 aliphatic rings. The molecular weight excluding hydrogens is 447 g/mol. The van der Waals surface area contributed by atoms with Crippen molar-refractivity contribution in [1.82, 2.24) is 4.57 Å². The number of carbonyl (C=O) groups excluding carboxylic acids is 1. The SMILES string of the molecule is CC1CN(c2ccc(NC(=O)CCCn3c(=O)oc4cc([N+](=O)[O-])ccc43)cc2F)CC(C)O1. The molecule has 1 aliphatic heterocycles. The first kappa shape index (κ1) is 23.4. The number of benzene rings is 2. The first-order chi connectivity index (χ1) is 16.2. The molecule has 4 rings (SSSR count). The van der Waals surface area contributed by atoms with Crippen LogP contribution in [-0.4, -0.2) is 40.7 Å². The average Bonchev–Trinajstić information content (AvgIpc) is 3.07. The molecule has 2 atom stereocenters. The van der Waals surface area contributed by atoms with E-state index in [2.05, 4.69) is 5.32 Å². The fourth-order valence-corrected chi connectivity index (χ4v) is 4.22. The number of nitro groups is 1. The molecule has 1 aromatic heterocycles. The molecule has 34 heavy (non-hydrogen) atoms. The average molecular weight is 472 g/mol. The third kappa shape index (κ3) is 5.09. The Morgan fingerprint density at radius 2 is 1.94 bits per heavy atom. The van der Waals surface area contributed by atoms with E-state index in [1.165, 1.54) is 28.8 Å². The summed E-state index contributed by atoms with van der Waals surface area (Å²) < 4.78 is 26.8. The Morgan fingerprint density at radius 3 is 2.62 bits per heavy atom. The zero-order chi connectivity index (χ0) is 24.4. The number of ether oxygens (including phenoxy) is 1. The van der Waals surface area contributed by atoms with Gasteiger partial charge in [0, 0.05) is 37.8 Å². The third-order valence-corrected chi connectivity index (χ3v) is 5.64. The molecule has 1 fully saturated rings. The van der Waals surface area contributed by atoms with E-state index in [1.54, 1.807) is 12.1 Å². The molecule has 0 aliphatic carbocycles. The minimum atomic E-state index is -0.652. The van der Waals surface area contributed by atoms with Gasteiger partial charge in [0.1, 0.15) is 5.82 Å². The normalized spacial score (nSPS) is 18.3. The van der Waals surface area contributed by atoms with E-state index in [9.17, 15) is 24.1 Å². The van der Waals surface area contributed by atoms with Gasteiger partial charge >= 0.3 is 5.76 Å². The summed E-state index contributed by atoms with van der Waals surface area (Å²) >= 11 is 0. The zero-order valence-electron chi connectivity index (χ0n) is 18.8. The third-order valence-electron chi connectivity index (χ3n) is 5.64. The Kier molecular flexibility index (Phi) is 6.64. The molecule has 0 bridgehead atoms. The van der Waals surface area contributed by atoms with Crippen LogP contribution in [0.1, 0.15) is 26.7 Å². The summed E-state index contributed by atoms with van der Waals surface area (Å²) in [6.07, 6.45) is 0.408. The number of nitrogens with one attached hydrogen (secondary N) is 1. The second-order valence-corrected chi connectivity index (χ2v) is 8.41. The van der Waals surface area contributed by atoms with Gasteiger partial charge in [-0.3, -0.25) is 19.5 Å². The maximum absolute atomic E-state index is 14.7. The number of nitro benzene ring substituents is 1. The van der Waals surface area contributed by atoms with Gasteiger partial charge in [-0.05, 0) is 44.5 Å². The molecule has 2 aromatic carbocycles. The van der Waals surface area contributed by atoms with E-state index in [0.29, 0.717) is 36.4 Å². The number of carbonyl (C=O) groups is 1. The quantitative estimate of drug-likeness (QED) is 0.411. The van der Waals surface area contributed by atoms with Gasteiger partial charge in [0.05, 0.1) is 34.4 Å². The molecule has 3 aromatic rings. The van der Waals surface area contributed by atoms with Crippen LogP contribution in [0.2, 0.25) is 0 Å². The highest BCUT2D eigenvalue weighted by molar-refractivity contribution is 5.90. The number of halogens is 1. The summed E-state index contributed by atoms with van der Waals surface area (Å²) in [6, 6.07) is 8.51. The number of amides is 1. The van der Waals surface area contributed by atoms with Crippen molar-refractivity contribution in [3.8, 4) is 0 Å². The van der Waals surface area contributed by atoms with Crippen LogP contribution < -0.4 is 16.0 Å². The van der Waals surface area contributed by atoms with Crippen LogP contribution >= 0.6 is 0 Å². The van der Waals surface area contributed by atoms with E-state index in [1.807, 2.05) is 18.7 Å². The number of aryl methyl sites for hydroxylation is 1. The van der Waals surface area contributed by atoms with E-state index >= 15 is 0 Å². The van der Waals surface area contributed by atoms with Crippen LogP contribution in [0.5, 0.6) is 0 Å². The molecule has 0 saturated carbocycles. The molecule has 0 radical (unpaired) electrons. The van der Waals surface area contributed by atoms with Crippen LogP contribution in [0.3, 0.4) is 0 Å². The van der Waals surface area contributed by atoms with Crippen molar-refractivity contribution in [2.45, 2.75) is 45.4 Å². The van der Waals surface area contributed by atoms with Crippen molar-refractivity contribution < 1.29 is 23.3 Å². The highest BCUT2D eigenvalue weighted by Gasteiger charge is 2.24. The fraction of sp³-hybridized carbons (Fsp3) is 0.391. The minimum Gasteiger partial charge on any atom is -0.407 e. The standard InChI is InChI=1S/C23H25FN4O6/c1-14-12-26(13-15(2)33-14)19-7-5-16(10-18(19)24)25-22(29)4-3-9-27-20-8-6-17(28(31)32)11-21(20)34-23(27)30/h5-8,10-11,14-15H,3-4,9,12-13H2,1-2H3,(H,25,29). The summed E-state index contributed by atoms with van der Waals surface area (Å²) in [5.41, 5.74) is 1.16. The number of hydrogen-bond donors (Lipinski definition) is 1. The minimum absolute atomic E-state index is 0.00231. The molecule has 0 spiro atoms.